The monoisotopic (exact) mass is 465 g/mol. The largest absolute Gasteiger partial charge is 0.460 e. The molecule has 1 aliphatic heterocycles. The molecule has 1 aliphatic rings. The zero-order valence-corrected chi connectivity index (χ0v) is 18.7. The third-order valence-electron chi connectivity index (χ3n) is 5.37. The predicted octanol–water partition coefficient (Wildman–Crippen LogP) is 1.98. The summed E-state index contributed by atoms with van der Waals surface area (Å²) < 4.78 is 16.3. The molecule has 3 rings (SSSR count). The van der Waals surface area contributed by atoms with E-state index in [4.69, 9.17) is 25.8 Å². The van der Waals surface area contributed by atoms with Crippen molar-refractivity contribution in [1.82, 2.24) is 5.32 Å². The highest BCUT2D eigenvalue weighted by atomic mass is 35.5. The maximum atomic E-state index is 12.3. The third-order valence-corrected chi connectivity index (χ3v) is 5.67. The van der Waals surface area contributed by atoms with Crippen molar-refractivity contribution in [3.05, 3.63) is 53.1 Å². The van der Waals surface area contributed by atoms with Gasteiger partial charge in [0, 0.05) is 25.6 Å². The number of ether oxygens (including phenoxy) is 3. The van der Waals surface area contributed by atoms with Crippen LogP contribution in [0.2, 0.25) is 5.02 Å². The van der Waals surface area contributed by atoms with Crippen molar-refractivity contribution in [2.45, 2.75) is 37.4 Å². The van der Waals surface area contributed by atoms with E-state index in [9.17, 15) is 20.1 Å². The standard InChI is InChI=1S/C23H28ClNO7/c1-23(29)20(27)12-17(13-26)31-22(23)32-19-7-6-15(11-18(19)24)14-4-3-5-16(10-14)21(28)25-8-9-30-2/h3-7,10-11,17,20,22,26-27,29H,8-9,12-13H2,1-2H3,(H,25,28)/t17-,20-,22+,23-/m0/s1. The highest BCUT2D eigenvalue weighted by molar-refractivity contribution is 6.32. The summed E-state index contributed by atoms with van der Waals surface area (Å²) in [6.45, 7) is 1.93. The van der Waals surface area contributed by atoms with Crippen LogP contribution in [-0.4, -0.2) is 72.2 Å². The molecular weight excluding hydrogens is 438 g/mol. The van der Waals surface area contributed by atoms with E-state index in [-0.39, 0.29) is 29.7 Å². The fourth-order valence-corrected chi connectivity index (χ4v) is 3.60. The van der Waals surface area contributed by atoms with Crippen LogP contribution in [0.25, 0.3) is 11.1 Å². The average Bonchev–Trinajstić information content (AvgIpc) is 2.78. The van der Waals surface area contributed by atoms with Gasteiger partial charge in [-0.25, -0.2) is 0 Å². The van der Waals surface area contributed by atoms with Crippen molar-refractivity contribution < 1.29 is 34.3 Å². The van der Waals surface area contributed by atoms with Crippen molar-refractivity contribution in [1.29, 1.82) is 0 Å². The second-order valence-corrected chi connectivity index (χ2v) is 8.25. The van der Waals surface area contributed by atoms with Crippen LogP contribution in [0.15, 0.2) is 42.5 Å². The van der Waals surface area contributed by atoms with Crippen LogP contribution in [0.1, 0.15) is 23.7 Å². The summed E-state index contributed by atoms with van der Waals surface area (Å²) in [6.07, 6.45) is -2.92. The normalized spacial score (nSPS) is 25.4. The number of benzene rings is 2. The molecule has 32 heavy (non-hydrogen) atoms. The van der Waals surface area contributed by atoms with Crippen LogP contribution in [0.3, 0.4) is 0 Å². The van der Waals surface area contributed by atoms with Gasteiger partial charge in [0.15, 0.2) is 0 Å². The molecule has 0 aliphatic carbocycles. The Morgan fingerprint density at radius 1 is 1.28 bits per heavy atom. The number of amides is 1. The van der Waals surface area contributed by atoms with E-state index in [1.165, 1.54) is 6.92 Å². The van der Waals surface area contributed by atoms with E-state index in [0.29, 0.717) is 18.7 Å². The van der Waals surface area contributed by atoms with Crippen molar-refractivity contribution in [3.63, 3.8) is 0 Å². The SMILES string of the molecule is COCCNC(=O)c1cccc(-c2ccc(O[C@H]3O[C@H](CO)C[C@H](O)[C@]3(C)O)c(Cl)c2)c1. The van der Waals surface area contributed by atoms with Gasteiger partial charge in [-0.1, -0.05) is 29.8 Å². The highest BCUT2D eigenvalue weighted by Gasteiger charge is 2.48. The smallest absolute Gasteiger partial charge is 0.251 e. The molecule has 2 aromatic rings. The Morgan fingerprint density at radius 3 is 2.72 bits per heavy atom. The number of methoxy groups -OCH3 is 1. The second-order valence-electron chi connectivity index (χ2n) is 7.84. The Balaban J connectivity index is 1.77. The maximum Gasteiger partial charge on any atom is 0.251 e. The van der Waals surface area contributed by atoms with Gasteiger partial charge in [-0.05, 0) is 42.3 Å². The summed E-state index contributed by atoms with van der Waals surface area (Å²) in [7, 11) is 1.57. The van der Waals surface area contributed by atoms with E-state index >= 15 is 0 Å². The Hall–Kier alpha value is -2.20. The minimum Gasteiger partial charge on any atom is -0.460 e. The Kier molecular flexibility index (Phi) is 8.10. The second kappa shape index (κ2) is 10.6. The first-order chi connectivity index (χ1) is 15.3. The highest BCUT2D eigenvalue weighted by Crippen LogP contribution is 2.36. The number of carbonyl (C=O) groups is 1. The molecule has 4 N–H and O–H groups in total. The summed E-state index contributed by atoms with van der Waals surface area (Å²) in [4.78, 5) is 12.3. The van der Waals surface area contributed by atoms with Crippen LogP contribution >= 0.6 is 11.6 Å². The van der Waals surface area contributed by atoms with E-state index in [2.05, 4.69) is 5.32 Å². The predicted molar refractivity (Wildman–Crippen MR) is 119 cm³/mol. The summed E-state index contributed by atoms with van der Waals surface area (Å²) in [6, 6.07) is 12.2. The Bertz CT molecular complexity index is 936. The molecule has 0 unspecified atom stereocenters. The molecule has 0 bridgehead atoms. The van der Waals surface area contributed by atoms with Gasteiger partial charge >= 0.3 is 0 Å². The van der Waals surface area contributed by atoms with E-state index in [0.717, 1.165) is 11.1 Å². The Morgan fingerprint density at radius 2 is 2.03 bits per heavy atom. The first-order valence-corrected chi connectivity index (χ1v) is 10.6. The zero-order chi connectivity index (χ0) is 23.3. The first-order valence-electron chi connectivity index (χ1n) is 10.3. The van der Waals surface area contributed by atoms with Gasteiger partial charge < -0.3 is 34.8 Å². The zero-order valence-electron chi connectivity index (χ0n) is 18.0. The van der Waals surface area contributed by atoms with E-state index in [1.54, 1.807) is 43.5 Å². The van der Waals surface area contributed by atoms with Crippen molar-refractivity contribution in [2.75, 3.05) is 26.9 Å². The van der Waals surface area contributed by atoms with Gasteiger partial charge in [-0.3, -0.25) is 4.79 Å². The van der Waals surface area contributed by atoms with Gasteiger partial charge in [0.05, 0.1) is 30.4 Å². The molecule has 0 radical (unpaired) electrons. The summed E-state index contributed by atoms with van der Waals surface area (Å²) >= 11 is 6.42. The molecule has 2 aromatic carbocycles. The maximum absolute atomic E-state index is 12.3. The molecule has 1 saturated heterocycles. The van der Waals surface area contributed by atoms with Crippen LogP contribution in [0, 0.1) is 0 Å². The molecule has 0 saturated carbocycles. The van der Waals surface area contributed by atoms with Gasteiger partial charge in [0.25, 0.3) is 5.91 Å². The number of aliphatic hydroxyl groups excluding tert-OH is 2. The number of hydrogen-bond donors (Lipinski definition) is 4. The van der Waals surface area contributed by atoms with Gasteiger partial charge in [0.1, 0.15) is 11.4 Å². The number of hydrogen-bond acceptors (Lipinski definition) is 7. The molecule has 174 valence electrons. The topological polar surface area (TPSA) is 117 Å². The summed E-state index contributed by atoms with van der Waals surface area (Å²) in [5.41, 5.74) is 0.372. The molecule has 4 atom stereocenters. The molecule has 8 nitrogen and oxygen atoms in total. The van der Waals surface area contributed by atoms with E-state index in [1.807, 2.05) is 6.07 Å². The number of halogens is 1. The Labute approximate surface area is 191 Å². The van der Waals surface area contributed by atoms with Gasteiger partial charge in [-0.15, -0.1) is 0 Å². The lowest BCUT2D eigenvalue weighted by Gasteiger charge is -2.43. The van der Waals surface area contributed by atoms with Gasteiger partial charge in [0.2, 0.25) is 6.29 Å². The lowest BCUT2D eigenvalue weighted by molar-refractivity contribution is -0.283. The van der Waals surface area contributed by atoms with Crippen LogP contribution in [0.4, 0.5) is 0 Å². The number of aliphatic hydroxyl groups is 3. The molecule has 1 fully saturated rings. The van der Waals surface area contributed by atoms with Crippen LogP contribution in [-0.2, 0) is 9.47 Å². The lowest BCUT2D eigenvalue weighted by atomic mass is 9.90. The summed E-state index contributed by atoms with van der Waals surface area (Å²) in [5.74, 6) is 0.0450. The minimum absolute atomic E-state index is 0.0887. The molecule has 0 aromatic heterocycles. The van der Waals surface area contributed by atoms with Crippen molar-refractivity contribution in [2.24, 2.45) is 0 Å². The number of rotatable bonds is 8. The number of nitrogens with one attached hydrogen (secondary N) is 1. The number of carbonyl (C=O) groups excluding carboxylic acids is 1. The molecule has 1 amide bonds. The van der Waals surface area contributed by atoms with Crippen LogP contribution in [0.5, 0.6) is 5.75 Å². The molecule has 9 heteroatoms. The summed E-state index contributed by atoms with van der Waals surface area (Å²) in [5, 5.41) is 33.2. The molecule has 1 heterocycles. The molecule has 0 spiro atoms. The van der Waals surface area contributed by atoms with Crippen LogP contribution < -0.4 is 10.1 Å². The fourth-order valence-electron chi connectivity index (χ4n) is 3.38. The van der Waals surface area contributed by atoms with Crippen molar-refractivity contribution in [3.8, 4) is 16.9 Å². The third kappa shape index (κ3) is 5.58. The van der Waals surface area contributed by atoms with Crippen molar-refractivity contribution >= 4 is 17.5 Å². The quantitative estimate of drug-likeness (QED) is 0.440. The lowest BCUT2D eigenvalue weighted by Crippen LogP contribution is -2.60. The van der Waals surface area contributed by atoms with Gasteiger partial charge in [-0.2, -0.15) is 0 Å². The average molecular weight is 466 g/mol. The van der Waals surface area contributed by atoms with E-state index < -0.39 is 24.1 Å². The minimum atomic E-state index is -1.68. The first kappa shape index (κ1) is 24.4. The molecular formula is C23H28ClNO7. The fraction of sp³-hybridized carbons (Fsp3) is 0.435.